The third-order valence-electron chi connectivity index (χ3n) is 0.789. The van der Waals surface area contributed by atoms with Crippen LogP contribution in [-0.2, 0) is 0 Å². The van der Waals surface area contributed by atoms with Crippen LogP contribution in [0.3, 0.4) is 0 Å². The quantitative estimate of drug-likeness (QED) is 0.657. The zero-order valence-electron chi connectivity index (χ0n) is 4.23. The Hall–Kier alpha value is 0.170. The molecule has 1 aromatic heterocycles. The number of thiophene rings is 1. The van der Waals surface area contributed by atoms with Gasteiger partial charge in [0.15, 0.2) is 0 Å². The van der Waals surface area contributed by atoms with Gasteiger partial charge >= 0.3 is 0 Å². The van der Waals surface area contributed by atoms with Crippen LogP contribution in [0, 0.1) is 0 Å². The second-order valence-corrected chi connectivity index (χ2v) is 3.63. The molecule has 42 valence electrons. The maximum Gasteiger partial charge on any atom is 0.0397 e. The van der Waals surface area contributed by atoms with Crippen molar-refractivity contribution in [2.24, 2.45) is 0 Å². The van der Waals surface area contributed by atoms with E-state index in [0.717, 1.165) is 3.58 Å². The highest BCUT2D eigenvalue weighted by Crippen LogP contribution is 2.23. The Morgan fingerprint density at radius 1 is 1.75 bits per heavy atom. The molecule has 0 aliphatic carbocycles. The van der Waals surface area contributed by atoms with E-state index in [1.165, 1.54) is 4.88 Å². The topological polar surface area (TPSA) is 0 Å². The first-order chi connectivity index (χ1) is 3.80. The molecule has 8 heavy (non-hydrogen) atoms. The Morgan fingerprint density at radius 2 is 2.50 bits per heavy atom. The van der Waals surface area contributed by atoms with Gasteiger partial charge in [-0.1, -0.05) is 12.6 Å². The minimum atomic E-state index is 1.12. The Labute approximate surface area is 66.4 Å². The van der Waals surface area contributed by atoms with E-state index >= 15 is 0 Å². The normalized spacial score (nSPS) is 9.12. The highest BCUT2D eigenvalue weighted by molar-refractivity contribution is 14.1. The fraction of sp³-hybridized carbons (Fsp3) is 0. The molecule has 1 rings (SSSR count). The van der Waals surface area contributed by atoms with Crippen LogP contribution in [0.25, 0.3) is 3.58 Å². The number of hydrogen-bond donors (Lipinski definition) is 0. The van der Waals surface area contributed by atoms with Crippen molar-refractivity contribution in [2.75, 3.05) is 0 Å². The van der Waals surface area contributed by atoms with Gasteiger partial charge in [-0.15, -0.1) is 11.3 Å². The van der Waals surface area contributed by atoms with Crippen LogP contribution >= 0.6 is 33.9 Å². The average molecular weight is 236 g/mol. The summed E-state index contributed by atoms with van der Waals surface area (Å²) < 4.78 is 1.12. The van der Waals surface area contributed by atoms with Gasteiger partial charge in [0.2, 0.25) is 0 Å². The highest BCUT2D eigenvalue weighted by Gasteiger charge is 1.90. The van der Waals surface area contributed by atoms with Crippen molar-refractivity contribution in [2.45, 2.75) is 0 Å². The monoisotopic (exact) mass is 236 g/mol. The van der Waals surface area contributed by atoms with Crippen LogP contribution < -0.4 is 0 Å². The van der Waals surface area contributed by atoms with Gasteiger partial charge < -0.3 is 0 Å². The summed E-state index contributed by atoms with van der Waals surface area (Å²) in [6.07, 6.45) is 0. The lowest BCUT2D eigenvalue weighted by atomic mass is 10.5. The summed E-state index contributed by atoms with van der Waals surface area (Å²) in [7, 11) is 0. The van der Waals surface area contributed by atoms with E-state index in [4.69, 9.17) is 0 Å². The van der Waals surface area contributed by atoms with Crippen LogP contribution in [0.5, 0.6) is 0 Å². The van der Waals surface area contributed by atoms with Crippen molar-refractivity contribution >= 4 is 37.5 Å². The zero-order chi connectivity index (χ0) is 5.98. The number of halogens is 1. The molecule has 1 aromatic rings. The molecule has 0 aliphatic heterocycles. The first kappa shape index (κ1) is 6.29. The molecule has 0 bridgehead atoms. The van der Waals surface area contributed by atoms with Crippen LogP contribution in [0.2, 0.25) is 0 Å². The predicted molar refractivity (Wildman–Crippen MR) is 47.4 cm³/mol. The van der Waals surface area contributed by atoms with Crippen molar-refractivity contribution in [3.8, 4) is 0 Å². The second-order valence-electron chi connectivity index (χ2n) is 1.38. The molecule has 0 aromatic carbocycles. The predicted octanol–water partition coefficient (Wildman–Crippen LogP) is 3.15. The van der Waals surface area contributed by atoms with Gasteiger partial charge in [0, 0.05) is 8.46 Å². The van der Waals surface area contributed by atoms with E-state index in [-0.39, 0.29) is 0 Å². The minimum Gasteiger partial charge on any atom is -0.143 e. The van der Waals surface area contributed by atoms with Crippen molar-refractivity contribution in [3.05, 3.63) is 29.0 Å². The summed E-state index contributed by atoms with van der Waals surface area (Å²) in [5, 5.41) is 2.05. The van der Waals surface area contributed by atoms with Crippen LogP contribution in [0.4, 0.5) is 0 Å². The van der Waals surface area contributed by atoms with Crippen molar-refractivity contribution in [1.29, 1.82) is 0 Å². The molecule has 1 heterocycles. The van der Waals surface area contributed by atoms with E-state index in [0.29, 0.717) is 0 Å². The summed E-state index contributed by atoms with van der Waals surface area (Å²) in [4.78, 5) is 1.27. The molecule has 0 aliphatic rings. The Bertz CT molecular complexity index is 176. The zero-order valence-corrected chi connectivity index (χ0v) is 7.20. The average Bonchev–Trinajstić information content (AvgIpc) is 2.12. The first-order valence-electron chi connectivity index (χ1n) is 2.19. The summed E-state index contributed by atoms with van der Waals surface area (Å²) >= 11 is 3.94. The van der Waals surface area contributed by atoms with Crippen molar-refractivity contribution < 1.29 is 0 Å². The molecular weight excluding hydrogens is 231 g/mol. The lowest BCUT2D eigenvalue weighted by Crippen LogP contribution is -1.56. The molecule has 0 nitrogen and oxygen atoms in total. The highest BCUT2D eigenvalue weighted by atomic mass is 127. The smallest absolute Gasteiger partial charge is 0.0397 e. The van der Waals surface area contributed by atoms with Crippen LogP contribution in [-0.4, -0.2) is 0 Å². The fourth-order valence-electron chi connectivity index (χ4n) is 0.433. The van der Waals surface area contributed by atoms with Crippen LogP contribution in [0.15, 0.2) is 24.1 Å². The molecule has 0 N–H and O–H groups in total. The molecule has 0 fully saturated rings. The molecule has 0 saturated carbocycles. The minimum absolute atomic E-state index is 1.12. The summed E-state index contributed by atoms with van der Waals surface area (Å²) in [6, 6.07) is 4.10. The molecule has 0 unspecified atom stereocenters. The first-order valence-corrected chi connectivity index (χ1v) is 4.15. The van der Waals surface area contributed by atoms with Gasteiger partial charge in [-0.05, 0) is 34.0 Å². The summed E-state index contributed by atoms with van der Waals surface area (Å²) in [5.41, 5.74) is 0. The van der Waals surface area contributed by atoms with Gasteiger partial charge in [0.1, 0.15) is 0 Å². The van der Waals surface area contributed by atoms with Gasteiger partial charge in [0.25, 0.3) is 0 Å². The molecule has 0 spiro atoms. The van der Waals surface area contributed by atoms with Gasteiger partial charge in [-0.2, -0.15) is 0 Å². The second kappa shape index (κ2) is 2.64. The SMILES string of the molecule is C=C(I)c1cccs1. The summed E-state index contributed by atoms with van der Waals surface area (Å²) in [5.74, 6) is 0. The fourth-order valence-corrected chi connectivity index (χ4v) is 1.58. The van der Waals surface area contributed by atoms with Crippen molar-refractivity contribution in [1.82, 2.24) is 0 Å². The van der Waals surface area contributed by atoms with Gasteiger partial charge in [0.05, 0.1) is 0 Å². The largest absolute Gasteiger partial charge is 0.143 e. The standard InChI is InChI=1S/C6H5IS/c1-5(7)6-3-2-4-8-6/h2-4H,1H2. The van der Waals surface area contributed by atoms with Gasteiger partial charge in [-0.3, -0.25) is 0 Å². The number of rotatable bonds is 1. The van der Waals surface area contributed by atoms with E-state index in [9.17, 15) is 0 Å². The maximum absolute atomic E-state index is 3.79. The molecule has 0 amide bonds. The molecular formula is C6H5IS. The Kier molecular flexibility index (Phi) is 2.08. The third-order valence-corrected chi connectivity index (χ3v) is 2.67. The maximum atomic E-state index is 3.79. The van der Waals surface area contributed by atoms with Crippen LogP contribution in [0.1, 0.15) is 4.88 Å². The van der Waals surface area contributed by atoms with E-state index in [1.807, 2.05) is 6.07 Å². The lowest BCUT2D eigenvalue weighted by Gasteiger charge is -1.84. The molecule has 0 atom stereocenters. The Balaban J connectivity index is 2.93. The van der Waals surface area contributed by atoms with E-state index < -0.39 is 0 Å². The molecule has 0 radical (unpaired) electrons. The van der Waals surface area contributed by atoms with Gasteiger partial charge in [-0.25, -0.2) is 0 Å². The lowest BCUT2D eigenvalue weighted by molar-refractivity contribution is 1.96. The number of hydrogen-bond acceptors (Lipinski definition) is 1. The summed E-state index contributed by atoms with van der Waals surface area (Å²) in [6.45, 7) is 3.79. The van der Waals surface area contributed by atoms with E-state index in [2.05, 4.69) is 40.6 Å². The molecule has 0 saturated heterocycles. The van der Waals surface area contributed by atoms with E-state index in [1.54, 1.807) is 11.3 Å². The Morgan fingerprint density at radius 3 is 2.75 bits per heavy atom. The molecule has 2 heteroatoms. The third kappa shape index (κ3) is 1.32. The van der Waals surface area contributed by atoms with Crippen molar-refractivity contribution in [3.63, 3.8) is 0 Å².